The molecule has 1 fully saturated rings. The third-order valence-electron chi connectivity index (χ3n) is 5.49. The maximum Gasteiger partial charge on any atom is 0.145 e. The normalized spacial score (nSPS) is 30.2. The minimum atomic E-state index is 0.375. The van der Waals surface area contributed by atoms with Crippen LogP contribution in [0.15, 0.2) is 34.9 Å². The molecule has 1 saturated carbocycles. The Labute approximate surface area is 130 Å². The van der Waals surface area contributed by atoms with E-state index in [0.717, 1.165) is 43.5 Å². The van der Waals surface area contributed by atoms with Crippen molar-refractivity contribution in [2.75, 3.05) is 0 Å². The van der Waals surface area contributed by atoms with Crippen molar-refractivity contribution in [1.29, 1.82) is 0 Å². The molecular formula is C20H30O. The Bertz CT molecular complexity index is 476. The predicted octanol–water partition coefficient (Wildman–Crippen LogP) is 5.63. The zero-order valence-electron chi connectivity index (χ0n) is 14.1. The van der Waals surface area contributed by atoms with Crippen LogP contribution in [0.1, 0.15) is 66.2 Å². The second-order valence-electron chi connectivity index (χ2n) is 7.53. The van der Waals surface area contributed by atoms with Crippen LogP contribution < -0.4 is 0 Å². The molecule has 0 amide bonds. The van der Waals surface area contributed by atoms with Crippen molar-refractivity contribution in [3.63, 3.8) is 0 Å². The van der Waals surface area contributed by atoms with E-state index in [1.807, 2.05) is 0 Å². The number of carbonyl (C=O) groups is 1. The van der Waals surface area contributed by atoms with Gasteiger partial charge in [0, 0.05) is 0 Å². The molecule has 0 aromatic heterocycles. The largest absolute Gasteiger partial charge is 0.298 e. The van der Waals surface area contributed by atoms with Crippen molar-refractivity contribution >= 4 is 6.29 Å². The molecule has 116 valence electrons. The highest BCUT2D eigenvalue weighted by atomic mass is 16.1. The standard InChI is InChI=1S/C20H30O/c1-15-7-5-8-16(2)11-12-18-19(20(18,3)4)13-17(14-21)10-6-9-15/h8-9,13-14,18-19H,5-7,10-12H2,1-4H3. The fourth-order valence-corrected chi connectivity index (χ4v) is 3.70. The van der Waals surface area contributed by atoms with Crippen LogP contribution in [0.5, 0.6) is 0 Å². The van der Waals surface area contributed by atoms with Gasteiger partial charge in [0.25, 0.3) is 0 Å². The summed E-state index contributed by atoms with van der Waals surface area (Å²) in [6, 6.07) is 0. The van der Waals surface area contributed by atoms with Gasteiger partial charge in [-0.15, -0.1) is 0 Å². The maximum absolute atomic E-state index is 11.3. The molecule has 21 heavy (non-hydrogen) atoms. The molecule has 0 aromatic carbocycles. The Morgan fingerprint density at radius 2 is 1.67 bits per heavy atom. The molecule has 0 aromatic rings. The highest BCUT2D eigenvalue weighted by Gasteiger charge is 2.55. The lowest BCUT2D eigenvalue weighted by Crippen LogP contribution is -1.91. The molecule has 0 radical (unpaired) electrons. The van der Waals surface area contributed by atoms with Gasteiger partial charge in [0.15, 0.2) is 0 Å². The highest BCUT2D eigenvalue weighted by molar-refractivity contribution is 5.73. The smallest absolute Gasteiger partial charge is 0.145 e. The quantitative estimate of drug-likeness (QED) is 0.451. The van der Waals surface area contributed by atoms with E-state index in [-0.39, 0.29) is 0 Å². The van der Waals surface area contributed by atoms with Gasteiger partial charge >= 0.3 is 0 Å². The second kappa shape index (κ2) is 6.77. The molecule has 0 heterocycles. The molecule has 1 nitrogen and oxygen atoms in total. The zero-order chi connectivity index (χ0) is 15.5. The Morgan fingerprint density at radius 1 is 1.05 bits per heavy atom. The number of carbonyl (C=O) groups excluding carboxylic acids is 1. The Hall–Kier alpha value is -1.11. The van der Waals surface area contributed by atoms with Crippen molar-refractivity contribution in [2.24, 2.45) is 17.3 Å². The van der Waals surface area contributed by atoms with E-state index in [1.165, 1.54) is 24.0 Å². The summed E-state index contributed by atoms with van der Waals surface area (Å²) in [6.45, 7) is 9.17. The molecule has 2 rings (SSSR count). The summed E-state index contributed by atoms with van der Waals surface area (Å²) in [5.74, 6) is 1.34. The molecule has 0 spiro atoms. The van der Waals surface area contributed by atoms with Gasteiger partial charge < -0.3 is 0 Å². The second-order valence-corrected chi connectivity index (χ2v) is 7.53. The van der Waals surface area contributed by atoms with Crippen molar-refractivity contribution < 1.29 is 4.79 Å². The van der Waals surface area contributed by atoms with Gasteiger partial charge in [-0.25, -0.2) is 0 Å². The summed E-state index contributed by atoms with van der Waals surface area (Å²) in [4.78, 5) is 11.3. The van der Waals surface area contributed by atoms with Crippen molar-refractivity contribution in [3.05, 3.63) is 34.9 Å². The van der Waals surface area contributed by atoms with Crippen LogP contribution in [0.3, 0.4) is 0 Å². The molecular weight excluding hydrogens is 256 g/mol. The molecule has 0 N–H and O–H groups in total. The number of allylic oxidation sites excluding steroid dienone is 6. The molecule has 0 aliphatic heterocycles. The first-order valence-electron chi connectivity index (χ1n) is 8.42. The van der Waals surface area contributed by atoms with Gasteiger partial charge in [0.1, 0.15) is 6.29 Å². The predicted molar refractivity (Wildman–Crippen MR) is 90.1 cm³/mol. The minimum absolute atomic E-state index is 0.375. The molecule has 0 bridgehead atoms. The zero-order valence-corrected chi connectivity index (χ0v) is 14.1. The molecule has 2 aliphatic carbocycles. The summed E-state index contributed by atoms with van der Waals surface area (Å²) < 4.78 is 0. The van der Waals surface area contributed by atoms with Crippen molar-refractivity contribution in [1.82, 2.24) is 0 Å². The minimum Gasteiger partial charge on any atom is -0.298 e. The average Bonchev–Trinajstić information content (AvgIpc) is 2.94. The third kappa shape index (κ3) is 4.18. The fraction of sp³-hybridized carbons (Fsp3) is 0.650. The Morgan fingerprint density at radius 3 is 2.33 bits per heavy atom. The maximum atomic E-state index is 11.3. The third-order valence-corrected chi connectivity index (χ3v) is 5.49. The van der Waals surface area contributed by atoms with Gasteiger partial charge in [-0.05, 0) is 75.2 Å². The van der Waals surface area contributed by atoms with E-state index < -0.39 is 0 Å². The molecule has 2 aliphatic rings. The van der Waals surface area contributed by atoms with Crippen LogP contribution >= 0.6 is 0 Å². The van der Waals surface area contributed by atoms with Crippen LogP contribution in [0.4, 0.5) is 0 Å². The SMILES string of the molecule is CC1=CCCC(C=O)=CC2C(CCC(C)=CCC1)C2(C)C. The van der Waals surface area contributed by atoms with Crippen LogP contribution in [0.25, 0.3) is 0 Å². The first kappa shape index (κ1) is 16.3. The van der Waals surface area contributed by atoms with Crippen LogP contribution in [-0.4, -0.2) is 6.29 Å². The van der Waals surface area contributed by atoms with E-state index in [1.54, 1.807) is 0 Å². The number of rotatable bonds is 1. The average molecular weight is 286 g/mol. The molecule has 1 heteroatoms. The Balaban J connectivity index is 2.15. The van der Waals surface area contributed by atoms with Crippen molar-refractivity contribution in [2.45, 2.75) is 66.2 Å². The summed E-state index contributed by atoms with van der Waals surface area (Å²) in [5.41, 5.74) is 4.36. The van der Waals surface area contributed by atoms with Gasteiger partial charge in [0.2, 0.25) is 0 Å². The van der Waals surface area contributed by atoms with E-state index in [2.05, 4.69) is 45.9 Å². The lowest BCUT2D eigenvalue weighted by molar-refractivity contribution is -0.105. The number of aldehydes is 1. The van der Waals surface area contributed by atoms with Crippen LogP contribution in [-0.2, 0) is 4.79 Å². The lowest BCUT2D eigenvalue weighted by Gasteiger charge is -2.05. The van der Waals surface area contributed by atoms with E-state index >= 15 is 0 Å². The molecule has 0 saturated heterocycles. The first-order chi connectivity index (χ1) is 9.95. The summed E-state index contributed by atoms with van der Waals surface area (Å²) in [6.07, 6.45) is 14.7. The van der Waals surface area contributed by atoms with Crippen molar-refractivity contribution in [3.8, 4) is 0 Å². The van der Waals surface area contributed by atoms with E-state index in [4.69, 9.17) is 0 Å². The van der Waals surface area contributed by atoms with E-state index in [9.17, 15) is 4.79 Å². The lowest BCUT2D eigenvalue weighted by atomic mass is 10.0. The van der Waals surface area contributed by atoms with Gasteiger partial charge in [-0.1, -0.05) is 43.2 Å². The van der Waals surface area contributed by atoms with Gasteiger partial charge in [-0.2, -0.15) is 0 Å². The summed E-state index contributed by atoms with van der Waals surface area (Å²) in [5, 5.41) is 0. The molecule has 2 atom stereocenters. The van der Waals surface area contributed by atoms with E-state index in [0.29, 0.717) is 11.3 Å². The topological polar surface area (TPSA) is 17.1 Å². The van der Waals surface area contributed by atoms with Gasteiger partial charge in [0.05, 0.1) is 0 Å². The summed E-state index contributed by atoms with van der Waals surface area (Å²) in [7, 11) is 0. The number of hydrogen-bond acceptors (Lipinski definition) is 1. The molecule has 2 unspecified atom stereocenters. The van der Waals surface area contributed by atoms with Crippen LogP contribution in [0, 0.1) is 17.3 Å². The number of fused-ring (bicyclic) bond motifs is 1. The summed E-state index contributed by atoms with van der Waals surface area (Å²) >= 11 is 0. The Kier molecular flexibility index (Phi) is 5.24. The highest BCUT2D eigenvalue weighted by Crippen LogP contribution is 2.61. The monoisotopic (exact) mass is 286 g/mol. The fourth-order valence-electron chi connectivity index (χ4n) is 3.70. The van der Waals surface area contributed by atoms with Gasteiger partial charge in [-0.3, -0.25) is 4.79 Å². The van der Waals surface area contributed by atoms with Crippen LogP contribution in [0.2, 0.25) is 0 Å². The number of hydrogen-bond donors (Lipinski definition) is 0. The first-order valence-corrected chi connectivity index (χ1v) is 8.42.